The van der Waals surface area contributed by atoms with E-state index in [-0.39, 0.29) is 0 Å². The van der Waals surface area contributed by atoms with Crippen LogP contribution in [0.15, 0.2) is 0 Å². The van der Waals surface area contributed by atoms with Crippen LogP contribution < -0.4 is 0 Å². The van der Waals surface area contributed by atoms with Crippen molar-refractivity contribution >= 4 is 60.7 Å². The third kappa shape index (κ3) is 3.28. The van der Waals surface area contributed by atoms with Gasteiger partial charge < -0.3 is 0 Å². The molecule has 5 nitrogen and oxygen atoms in total. The summed E-state index contributed by atoms with van der Waals surface area (Å²) in [6.45, 7) is 0. The molecule has 0 amide bonds. The molecule has 0 saturated heterocycles. The van der Waals surface area contributed by atoms with E-state index in [9.17, 15) is 18.4 Å². The first-order chi connectivity index (χ1) is 7.35. The van der Waals surface area contributed by atoms with Gasteiger partial charge in [0.2, 0.25) is 0 Å². The molecular weight excluding hydrogens is 253 g/mol. The van der Waals surface area contributed by atoms with Crippen LogP contribution >= 0.6 is 0 Å². The second kappa shape index (κ2) is 7.09. The number of halogens is 2. The van der Waals surface area contributed by atoms with E-state index in [0.717, 1.165) is 21.3 Å². The molecule has 0 aliphatic carbocycles. The Labute approximate surface area is 125 Å². The van der Waals surface area contributed by atoms with Gasteiger partial charge in [-0.05, 0) is 0 Å². The van der Waals surface area contributed by atoms with Crippen molar-refractivity contribution in [2.75, 3.05) is 21.3 Å². The zero-order chi connectivity index (χ0) is 12.9. The summed E-state index contributed by atoms with van der Waals surface area (Å²) in [5.74, 6) is -2.57. The molecule has 0 N–H and O–H groups in total. The molecule has 1 atom stereocenters. The Morgan fingerprint density at radius 1 is 1.19 bits per heavy atom. The topological polar surface area (TPSA) is 61.8 Å². The molecular formula is C8H11F2KO5. The Hall–Kier alpha value is 0.556. The molecule has 1 unspecified atom stereocenters. The number of ether oxygens (including phenoxy) is 3. The summed E-state index contributed by atoms with van der Waals surface area (Å²) in [6.07, 6.45) is -4.61. The van der Waals surface area contributed by atoms with Gasteiger partial charge in [0.05, 0.1) is 0 Å². The van der Waals surface area contributed by atoms with Crippen molar-refractivity contribution in [3.05, 3.63) is 0 Å². The number of carbonyl (C=O) groups excluding carboxylic acids is 2. The summed E-state index contributed by atoms with van der Waals surface area (Å²) >= 11 is -0.628. The number of ketones is 1. The van der Waals surface area contributed by atoms with Crippen molar-refractivity contribution < 1.29 is 32.6 Å². The minimum absolute atomic E-state index is 0.628. The van der Waals surface area contributed by atoms with Gasteiger partial charge in [-0.3, -0.25) is 0 Å². The molecule has 0 aliphatic rings. The Balaban J connectivity index is 5.33. The Kier molecular flexibility index (Phi) is 7.34. The third-order valence-corrected chi connectivity index (χ3v) is 4.36. The van der Waals surface area contributed by atoms with Gasteiger partial charge in [-0.25, -0.2) is 0 Å². The van der Waals surface area contributed by atoms with E-state index in [1.54, 1.807) is 0 Å². The quantitative estimate of drug-likeness (QED) is 0.291. The predicted octanol–water partition coefficient (Wildman–Crippen LogP) is -0.0603. The van der Waals surface area contributed by atoms with Gasteiger partial charge in [-0.15, -0.1) is 0 Å². The van der Waals surface area contributed by atoms with Crippen molar-refractivity contribution in [1.82, 2.24) is 0 Å². The van der Waals surface area contributed by atoms with Crippen LogP contribution in [-0.2, 0) is 23.8 Å². The summed E-state index contributed by atoms with van der Waals surface area (Å²) < 4.78 is 36.7. The molecule has 8 heteroatoms. The Bertz CT molecular complexity index is 269. The standard InChI is InChI=1S/C8H11F2O5.K/c1-13-7(12)4(5(11)6(9)10)8(14-2)15-3;/h6,8H,1-3H3;. The molecule has 0 radical (unpaired) electrons. The van der Waals surface area contributed by atoms with Crippen LogP contribution in [-0.4, -0.2) is 94.8 Å². The van der Waals surface area contributed by atoms with Crippen molar-refractivity contribution in [2.45, 2.75) is 12.2 Å². The molecule has 0 aliphatic heterocycles. The first-order valence-corrected chi connectivity index (χ1v) is 5.88. The van der Waals surface area contributed by atoms with Crippen LogP contribution in [0.25, 0.3) is 0 Å². The number of rotatable bonds is 6. The van der Waals surface area contributed by atoms with Gasteiger partial charge in [-0.1, -0.05) is 0 Å². The number of hydrogen-bond donors (Lipinski definition) is 0. The third-order valence-electron chi connectivity index (χ3n) is 2.22. The number of alkyl halides is 2. The van der Waals surface area contributed by atoms with Crippen LogP contribution in [0.4, 0.5) is 8.78 Å². The van der Waals surface area contributed by atoms with Crippen molar-refractivity contribution in [3.8, 4) is 0 Å². The first kappa shape index (κ1) is 16.6. The van der Waals surface area contributed by atoms with Crippen LogP contribution in [0.5, 0.6) is 0 Å². The van der Waals surface area contributed by atoms with Crippen LogP contribution in [0.2, 0.25) is -0.490 Å². The normalized spacial score (nSPS) is 15.1. The fourth-order valence-corrected chi connectivity index (χ4v) is 2.71. The van der Waals surface area contributed by atoms with Crippen LogP contribution in [0.1, 0.15) is 0 Å². The van der Waals surface area contributed by atoms with Gasteiger partial charge >= 0.3 is 127 Å². The minimum atomic E-state index is -3.26. The molecule has 0 aromatic carbocycles. The summed E-state index contributed by atoms with van der Waals surface area (Å²) in [7, 11) is 3.34. The Morgan fingerprint density at radius 2 is 1.62 bits per heavy atom. The van der Waals surface area contributed by atoms with Gasteiger partial charge in [0.1, 0.15) is 0 Å². The number of hydrogen-bond acceptors (Lipinski definition) is 5. The average Bonchev–Trinajstić information content (AvgIpc) is 2.27. The number of methoxy groups -OCH3 is 3. The molecule has 0 heterocycles. The van der Waals surface area contributed by atoms with E-state index in [1.165, 1.54) is 0 Å². The maximum atomic E-state index is 12.4. The van der Waals surface area contributed by atoms with Crippen LogP contribution in [0.3, 0.4) is 0 Å². The summed E-state index contributed by atoms with van der Waals surface area (Å²) in [5, 5.41) is 0. The average molecular weight is 264 g/mol. The second-order valence-electron chi connectivity index (χ2n) is 3.16. The molecule has 0 fully saturated rings. The number of esters is 1. The van der Waals surface area contributed by atoms with E-state index >= 15 is 0 Å². The van der Waals surface area contributed by atoms with E-state index in [2.05, 4.69) is 4.74 Å². The molecule has 0 rings (SSSR count). The summed E-state index contributed by atoms with van der Waals surface area (Å²) in [5.41, 5.74) is 0. The van der Waals surface area contributed by atoms with Gasteiger partial charge in [0.15, 0.2) is 0 Å². The van der Waals surface area contributed by atoms with Crippen molar-refractivity contribution in [3.63, 3.8) is 0 Å². The maximum absolute atomic E-state index is 12.4. The molecule has 16 heavy (non-hydrogen) atoms. The molecule has 0 spiro atoms. The SMILES string of the molecule is COC(=O)[C]([K])(C(=O)C(F)F)C(OC)OC. The van der Waals surface area contributed by atoms with Gasteiger partial charge in [-0.2, -0.15) is 0 Å². The fraction of sp³-hybridized carbons (Fsp3) is 0.750. The van der Waals surface area contributed by atoms with Gasteiger partial charge in [0.25, 0.3) is 0 Å². The first-order valence-electron chi connectivity index (χ1n) is 4.32. The monoisotopic (exact) mass is 264 g/mol. The zero-order valence-electron chi connectivity index (χ0n) is 9.45. The Morgan fingerprint density at radius 3 is 1.88 bits per heavy atom. The molecule has 0 saturated carbocycles. The van der Waals surface area contributed by atoms with E-state index in [0.29, 0.717) is 0 Å². The predicted molar refractivity (Wildman–Crippen MR) is 49.3 cm³/mol. The number of carbonyl (C=O) groups is 2. The second-order valence-corrected chi connectivity index (χ2v) is 5.63. The van der Waals surface area contributed by atoms with Crippen LogP contribution in [0, 0.1) is 0 Å². The zero-order valence-corrected chi connectivity index (χ0v) is 12.6. The van der Waals surface area contributed by atoms with Crippen molar-refractivity contribution in [1.29, 1.82) is 0 Å². The molecule has 0 bridgehead atoms. The summed E-state index contributed by atoms with van der Waals surface area (Å²) in [4.78, 5) is 22.8. The molecule has 88 valence electrons. The van der Waals surface area contributed by atoms with E-state index in [1.807, 2.05) is 0 Å². The summed E-state index contributed by atoms with van der Waals surface area (Å²) in [6, 6.07) is 0. The number of Topliss-reactive ketones (excluding diaryl/α,β-unsaturated/α-hetero) is 1. The molecule has 0 aromatic heterocycles. The van der Waals surface area contributed by atoms with Crippen molar-refractivity contribution in [2.24, 2.45) is 0 Å². The molecule has 0 aromatic rings. The van der Waals surface area contributed by atoms with Gasteiger partial charge in [0, 0.05) is 0 Å². The fourth-order valence-electron chi connectivity index (χ4n) is 1.32. The van der Waals surface area contributed by atoms with E-state index < -0.39 is 72.9 Å². The van der Waals surface area contributed by atoms with E-state index in [4.69, 9.17) is 9.47 Å².